The van der Waals surface area contributed by atoms with Crippen LogP contribution in [0.15, 0.2) is 23.2 Å². The highest BCUT2D eigenvalue weighted by molar-refractivity contribution is 6.06. The van der Waals surface area contributed by atoms with E-state index in [1.54, 1.807) is 6.08 Å². The molecule has 18 heavy (non-hydrogen) atoms. The molecular formula is C14H16N2O2. The Labute approximate surface area is 106 Å². The fourth-order valence-electron chi connectivity index (χ4n) is 2.37. The maximum Gasteiger partial charge on any atom is 0.270 e. The van der Waals surface area contributed by atoms with Gasteiger partial charge in [-0.3, -0.25) is 9.69 Å². The molecule has 2 aliphatic heterocycles. The predicted octanol–water partition coefficient (Wildman–Crippen LogP) is -0.498. The molecule has 0 aromatic heterocycles. The fraction of sp³-hybridized carbons (Fsp3) is 0.429. The van der Waals surface area contributed by atoms with Gasteiger partial charge in [0.25, 0.3) is 5.91 Å². The SMILES string of the molecule is O=C1C=c2cc(CCN3CCOCC3)ccc2=N1. The molecule has 2 heterocycles. The number of benzene rings is 1. The van der Waals surface area contributed by atoms with Gasteiger partial charge in [-0.05, 0) is 24.1 Å². The summed E-state index contributed by atoms with van der Waals surface area (Å²) < 4.78 is 5.33. The van der Waals surface area contributed by atoms with Gasteiger partial charge < -0.3 is 4.74 Å². The highest BCUT2D eigenvalue weighted by Crippen LogP contribution is 2.01. The van der Waals surface area contributed by atoms with Gasteiger partial charge in [0.2, 0.25) is 0 Å². The largest absolute Gasteiger partial charge is 0.379 e. The number of ether oxygens (including phenoxy) is 1. The van der Waals surface area contributed by atoms with Crippen LogP contribution in [0, 0.1) is 0 Å². The Morgan fingerprint density at radius 2 is 2.11 bits per heavy atom. The predicted molar refractivity (Wildman–Crippen MR) is 67.7 cm³/mol. The number of nitrogens with zero attached hydrogens (tertiary/aromatic N) is 2. The van der Waals surface area contributed by atoms with Gasteiger partial charge >= 0.3 is 0 Å². The first-order chi connectivity index (χ1) is 8.81. The van der Waals surface area contributed by atoms with E-state index in [2.05, 4.69) is 22.0 Å². The second-order valence-corrected chi connectivity index (χ2v) is 4.69. The number of rotatable bonds is 3. The summed E-state index contributed by atoms with van der Waals surface area (Å²) in [4.78, 5) is 17.5. The zero-order chi connectivity index (χ0) is 12.4. The van der Waals surface area contributed by atoms with Crippen molar-refractivity contribution in [1.29, 1.82) is 0 Å². The smallest absolute Gasteiger partial charge is 0.270 e. The van der Waals surface area contributed by atoms with Gasteiger partial charge in [-0.15, -0.1) is 0 Å². The molecule has 1 fully saturated rings. The average Bonchev–Trinajstić information content (AvgIpc) is 2.77. The Balaban J connectivity index is 1.68. The Kier molecular flexibility index (Phi) is 3.21. The Hall–Kier alpha value is -1.52. The van der Waals surface area contributed by atoms with Gasteiger partial charge in [0.1, 0.15) is 0 Å². The summed E-state index contributed by atoms with van der Waals surface area (Å²) in [5.41, 5.74) is 1.27. The van der Waals surface area contributed by atoms with Crippen molar-refractivity contribution in [1.82, 2.24) is 4.90 Å². The normalized spacial score (nSPS) is 19.2. The minimum Gasteiger partial charge on any atom is -0.379 e. The van der Waals surface area contributed by atoms with Crippen molar-refractivity contribution in [3.05, 3.63) is 34.3 Å². The molecule has 2 aliphatic rings. The molecule has 0 spiro atoms. The number of carbonyl (C=O) groups excluding carboxylic acids is 1. The molecule has 0 aliphatic carbocycles. The van der Waals surface area contributed by atoms with E-state index >= 15 is 0 Å². The summed E-state index contributed by atoms with van der Waals surface area (Å²) >= 11 is 0. The molecule has 1 amide bonds. The molecular weight excluding hydrogens is 228 g/mol. The number of fused-ring (bicyclic) bond motifs is 1. The van der Waals surface area contributed by atoms with Gasteiger partial charge in [0.05, 0.1) is 18.6 Å². The van der Waals surface area contributed by atoms with Gasteiger partial charge in [-0.1, -0.05) is 6.07 Å². The quantitative estimate of drug-likeness (QED) is 0.720. The number of hydrogen-bond donors (Lipinski definition) is 0. The third-order valence-electron chi connectivity index (χ3n) is 3.42. The molecule has 94 valence electrons. The van der Waals surface area contributed by atoms with E-state index in [9.17, 15) is 4.79 Å². The first-order valence-corrected chi connectivity index (χ1v) is 6.35. The van der Waals surface area contributed by atoms with Crippen LogP contribution in [0.3, 0.4) is 0 Å². The van der Waals surface area contributed by atoms with E-state index in [1.807, 2.05) is 6.07 Å². The highest BCUT2D eigenvalue weighted by atomic mass is 16.5. The molecule has 4 heteroatoms. The number of morpholine rings is 1. The molecule has 1 aromatic carbocycles. The molecule has 4 nitrogen and oxygen atoms in total. The van der Waals surface area contributed by atoms with Crippen molar-refractivity contribution in [3.63, 3.8) is 0 Å². The minimum atomic E-state index is -0.143. The van der Waals surface area contributed by atoms with Gasteiger partial charge in [-0.25, -0.2) is 4.99 Å². The lowest BCUT2D eigenvalue weighted by Crippen LogP contribution is -2.37. The van der Waals surface area contributed by atoms with Crippen LogP contribution in [0.5, 0.6) is 0 Å². The second kappa shape index (κ2) is 5.00. The maximum absolute atomic E-state index is 11.2. The molecule has 0 bridgehead atoms. The van der Waals surface area contributed by atoms with E-state index in [0.29, 0.717) is 0 Å². The summed E-state index contributed by atoms with van der Waals surface area (Å²) in [6.45, 7) is 4.76. The zero-order valence-electron chi connectivity index (χ0n) is 10.3. The minimum absolute atomic E-state index is 0.143. The molecule has 0 N–H and O–H groups in total. The van der Waals surface area contributed by atoms with Crippen LogP contribution in [0.4, 0.5) is 0 Å². The lowest BCUT2D eigenvalue weighted by molar-refractivity contribution is -0.112. The maximum atomic E-state index is 11.2. The van der Waals surface area contributed by atoms with Crippen molar-refractivity contribution in [2.45, 2.75) is 6.42 Å². The van der Waals surface area contributed by atoms with E-state index in [1.165, 1.54) is 5.56 Å². The molecule has 3 rings (SSSR count). The van der Waals surface area contributed by atoms with E-state index in [0.717, 1.165) is 49.8 Å². The zero-order valence-corrected chi connectivity index (χ0v) is 10.3. The van der Waals surface area contributed by atoms with Crippen molar-refractivity contribution < 1.29 is 9.53 Å². The second-order valence-electron chi connectivity index (χ2n) is 4.69. The molecule has 1 aromatic rings. The standard InChI is InChI=1S/C14H16N2O2/c17-14-10-12-9-11(1-2-13(12)15-14)3-4-16-5-7-18-8-6-16/h1-2,9-10H,3-8H2. The van der Waals surface area contributed by atoms with Crippen molar-refractivity contribution >= 4 is 12.0 Å². The number of amides is 1. The van der Waals surface area contributed by atoms with E-state index < -0.39 is 0 Å². The molecule has 1 saturated heterocycles. The Morgan fingerprint density at radius 1 is 1.28 bits per heavy atom. The highest BCUT2D eigenvalue weighted by Gasteiger charge is 2.10. The van der Waals surface area contributed by atoms with Crippen LogP contribution >= 0.6 is 0 Å². The average molecular weight is 244 g/mol. The third-order valence-corrected chi connectivity index (χ3v) is 3.42. The Morgan fingerprint density at radius 3 is 2.94 bits per heavy atom. The molecule has 0 radical (unpaired) electrons. The number of hydrogen-bond acceptors (Lipinski definition) is 3. The van der Waals surface area contributed by atoms with Crippen LogP contribution in [0.1, 0.15) is 5.56 Å². The number of carbonyl (C=O) groups is 1. The van der Waals surface area contributed by atoms with Crippen LogP contribution in [-0.4, -0.2) is 43.7 Å². The van der Waals surface area contributed by atoms with Gasteiger partial charge in [-0.2, -0.15) is 0 Å². The van der Waals surface area contributed by atoms with Crippen molar-refractivity contribution in [2.24, 2.45) is 4.99 Å². The monoisotopic (exact) mass is 244 g/mol. The summed E-state index contributed by atoms with van der Waals surface area (Å²) in [5.74, 6) is -0.143. The summed E-state index contributed by atoms with van der Waals surface area (Å²) in [6, 6.07) is 6.07. The summed E-state index contributed by atoms with van der Waals surface area (Å²) in [5, 5.41) is 1.76. The van der Waals surface area contributed by atoms with Crippen LogP contribution < -0.4 is 10.6 Å². The lowest BCUT2D eigenvalue weighted by atomic mass is 10.1. The first-order valence-electron chi connectivity index (χ1n) is 6.35. The summed E-state index contributed by atoms with van der Waals surface area (Å²) in [6.07, 6.45) is 2.61. The van der Waals surface area contributed by atoms with Gasteiger partial charge in [0.15, 0.2) is 0 Å². The first kappa shape index (κ1) is 11.6. The third kappa shape index (κ3) is 2.49. The fourth-order valence-corrected chi connectivity index (χ4v) is 2.37. The molecule has 0 atom stereocenters. The van der Waals surface area contributed by atoms with Crippen LogP contribution in [-0.2, 0) is 16.0 Å². The van der Waals surface area contributed by atoms with Crippen LogP contribution in [0.2, 0.25) is 0 Å². The van der Waals surface area contributed by atoms with E-state index in [-0.39, 0.29) is 5.91 Å². The van der Waals surface area contributed by atoms with Crippen LogP contribution in [0.25, 0.3) is 6.08 Å². The van der Waals surface area contributed by atoms with Gasteiger partial charge in [0, 0.05) is 30.9 Å². The van der Waals surface area contributed by atoms with Crippen molar-refractivity contribution in [3.8, 4) is 0 Å². The molecule has 0 unspecified atom stereocenters. The summed E-state index contributed by atoms with van der Waals surface area (Å²) in [7, 11) is 0. The topological polar surface area (TPSA) is 41.9 Å². The Bertz CT molecular complexity index is 574. The van der Waals surface area contributed by atoms with Crippen molar-refractivity contribution in [2.75, 3.05) is 32.8 Å². The lowest BCUT2D eigenvalue weighted by Gasteiger charge is -2.26. The van der Waals surface area contributed by atoms with E-state index in [4.69, 9.17) is 4.74 Å². The molecule has 0 saturated carbocycles.